The van der Waals surface area contributed by atoms with Crippen LogP contribution in [0.4, 0.5) is 8.78 Å². The van der Waals surface area contributed by atoms with Crippen LogP contribution in [0.25, 0.3) is 0 Å². The van der Waals surface area contributed by atoms with Crippen molar-refractivity contribution < 1.29 is 8.78 Å². The van der Waals surface area contributed by atoms with Gasteiger partial charge in [-0.3, -0.25) is 0 Å². The zero-order chi connectivity index (χ0) is 13.8. The molecule has 0 aromatic heterocycles. The first-order valence-corrected chi connectivity index (χ1v) is 7.25. The summed E-state index contributed by atoms with van der Waals surface area (Å²) >= 11 is 0. The van der Waals surface area contributed by atoms with Crippen LogP contribution < -0.4 is 5.32 Å². The Morgan fingerprint density at radius 2 is 2.11 bits per heavy atom. The first-order valence-electron chi connectivity index (χ1n) is 7.25. The molecule has 1 aliphatic carbocycles. The van der Waals surface area contributed by atoms with E-state index in [1.165, 1.54) is 43.9 Å². The number of rotatable bonds is 5. The highest BCUT2D eigenvalue weighted by molar-refractivity contribution is 5.20. The number of benzene rings is 1. The van der Waals surface area contributed by atoms with Gasteiger partial charge in [-0.25, -0.2) is 8.78 Å². The van der Waals surface area contributed by atoms with Crippen LogP contribution in [0.3, 0.4) is 0 Å². The van der Waals surface area contributed by atoms with Gasteiger partial charge in [0.15, 0.2) is 0 Å². The van der Waals surface area contributed by atoms with Crippen LogP contribution in [0.15, 0.2) is 18.2 Å². The minimum atomic E-state index is -0.357. The van der Waals surface area contributed by atoms with Gasteiger partial charge in [-0.15, -0.1) is 0 Å². The maximum atomic E-state index is 13.7. The van der Waals surface area contributed by atoms with E-state index in [4.69, 9.17) is 0 Å². The molecular formula is C16H23F2N. The molecule has 1 aliphatic rings. The van der Waals surface area contributed by atoms with Crippen molar-refractivity contribution in [1.82, 2.24) is 5.32 Å². The van der Waals surface area contributed by atoms with Crippen LogP contribution >= 0.6 is 0 Å². The molecule has 0 saturated heterocycles. The van der Waals surface area contributed by atoms with E-state index in [1.54, 1.807) is 0 Å². The fraction of sp³-hybridized carbons (Fsp3) is 0.625. The van der Waals surface area contributed by atoms with Gasteiger partial charge in [0.1, 0.15) is 11.6 Å². The highest BCUT2D eigenvalue weighted by Crippen LogP contribution is 2.35. The normalized spacial score (nSPS) is 24.6. The maximum absolute atomic E-state index is 13.7. The van der Waals surface area contributed by atoms with Gasteiger partial charge < -0.3 is 5.32 Å². The average Bonchev–Trinajstić information content (AvgIpc) is 2.88. The number of hydrogen-bond donors (Lipinski definition) is 1. The highest BCUT2D eigenvalue weighted by atomic mass is 19.1. The molecule has 1 fully saturated rings. The van der Waals surface area contributed by atoms with Gasteiger partial charge in [-0.1, -0.05) is 19.8 Å². The van der Waals surface area contributed by atoms with Crippen molar-refractivity contribution >= 4 is 0 Å². The lowest BCUT2D eigenvalue weighted by Gasteiger charge is -2.23. The molecule has 3 atom stereocenters. The minimum Gasteiger partial charge on any atom is -0.316 e. The summed E-state index contributed by atoms with van der Waals surface area (Å²) in [7, 11) is 1.92. The molecule has 2 rings (SSSR count). The Morgan fingerprint density at radius 3 is 2.74 bits per heavy atom. The molecule has 19 heavy (non-hydrogen) atoms. The van der Waals surface area contributed by atoms with Crippen LogP contribution in [0, 0.1) is 23.5 Å². The summed E-state index contributed by atoms with van der Waals surface area (Å²) in [4.78, 5) is 0. The molecule has 1 saturated carbocycles. The number of nitrogens with one attached hydrogen (secondary N) is 1. The quantitative estimate of drug-likeness (QED) is 0.852. The standard InChI is InChI=1S/C16H23F2N/c1-3-11-4-5-12(8-11)16(19-2)10-13-9-14(17)6-7-15(13)18/h6-7,9,11-12,16,19H,3-5,8,10H2,1-2H3. The Kier molecular flexibility index (Phi) is 4.92. The lowest BCUT2D eigenvalue weighted by Crippen LogP contribution is -2.34. The molecule has 0 spiro atoms. The van der Waals surface area contributed by atoms with Crippen LogP contribution in [0.1, 0.15) is 38.2 Å². The molecule has 0 amide bonds. The lowest BCUT2D eigenvalue weighted by atomic mass is 9.91. The molecule has 1 nitrogen and oxygen atoms in total. The number of hydrogen-bond acceptors (Lipinski definition) is 1. The summed E-state index contributed by atoms with van der Waals surface area (Å²) < 4.78 is 26.9. The molecule has 3 heteroatoms. The Balaban J connectivity index is 2.05. The summed E-state index contributed by atoms with van der Waals surface area (Å²) in [6.07, 6.45) is 5.47. The fourth-order valence-corrected chi connectivity index (χ4v) is 3.29. The first-order chi connectivity index (χ1) is 9.13. The molecule has 1 N–H and O–H groups in total. The van der Waals surface area contributed by atoms with E-state index in [2.05, 4.69) is 12.2 Å². The average molecular weight is 267 g/mol. The molecule has 1 aromatic rings. The van der Waals surface area contributed by atoms with Crippen molar-refractivity contribution in [3.8, 4) is 0 Å². The zero-order valence-electron chi connectivity index (χ0n) is 11.8. The molecule has 106 valence electrons. The van der Waals surface area contributed by atoms with Crippen molar-refractivity contribution in [3.05, 3.63) is 35.4 Å². The lowest BCUT2D eigenvalue weighted by molar-refractivity contribution is 0.358. The van der Waals surface area contributed by atoms with E-state index in [9.17, 15) is 8.78 Å². The van der Waals surface area contributed by atoms with Gasteiger partial charge in [-0.05, 0) is 61.9 Å². The molecule has 0 radical (unpaired) electrons. The smallest absolute Gasteiger partial charge is 0.126 e. The van der Waals surface area contributed by atoms with Crippen LogP contribution in [-0.4, -0.2) is 13.1 Å². The van der Waals surface area contributed by atoms with Crippen molar-refractivity contribution in [3.63, 3.8) is 0 Å². The highest BCUT2D eigenvalue weighted by Gasteiger charge is 2.29. The summed E-state index contributed by atoms with van der Waals surface area (Å²) in [6, 6.07) is 3.97. The number of likely N-dealkylation sites (N-methyl/N-ethyl adjacent to an activating group) is 1. The minimum absolute atomic E-state index is 0.243. The summed E-state index contributed by atoms with van der Waals surface area (Å²) in [5.41, 5.74) is 0.485. The maximum Gasteiger partial charge on any atom is 0.126 e. The van der Waals surface area contributed by atoms with Gasteiger partial charge in [0.25, 0.3) is 0 Å². The summed E-state index contributed by atoms with van der Waals surface area (Å²) in [6.45, 7) is 2.23. The Bertz CT molecular complexity index is 419. The molecule has 0 aliphatic heterocycles. The van der Waals surface area contributed by atoms with E-state index in [-0.39, 0.29) is 17.7 Å². The molecular weight excluding hydrogens is 244 g/mol. The second kappa shape index (κ2) is 6.47. The third kappa shape index (κ3) is 3.53. The molecule has 0 bridgehead atoms. The topological polar surface area (TPSA) is 12.0 Å². The Hall–Kier alpha value is -0.960. The van der Waals surface area contributed by atoms with E-state index in [1.807, 2.05) is 7.05 Å². The van der Waals surface area contributed by atoms with Crippen molar-refractivity contribution in [2.75, 3.05) is 7.05 Å². The third-order valence-electron chi connectivity index (χ3n) is 4.55. The van der Waals surface area contributed by atoms with E-state index >= 15 is 0 Å². The predicted molar refractivity (Wildman–Crippen MR) is 74.0 cm³/mol. The van der Waals surface area contributed by atoms with Crippen LogP contribution in [-0.2, 0) is 6.42 Å². The van der Waals surface area contributed by atoms with Crippen LogP contribution in [0.2, 0.25) is 0 Å². The van der Waals surface area contributed by atoms with Crippen molar-refractivity contribution in [2.45, 2.75) is 45.1 Å². The first kappa shape index (κ1) is 14.4. The Morgan fingerprint density at radius 1 is 1.32 bits per heavy atom. The van der Waals surface area contributed by atoms with Gasteiger partial charge in [-0.2, -0.15) is 0 Å². The third-order valence-corrected chi connectivity index (χ3v) is 4.55. The van der Waals surface area contributed by atoms with Gasteiger partial charge in [0, 0.05) is 6.04 Å². The second-order valence-corrected chi connectivity index (χ2v) is 5.68. The van der Waals surface area contributed by atoms with Gasteiger partial charge >= 0.3 is 0 Å². The molecule has 0 heterocycles. The zero-order valence-corrected chi connectivity index (χ0v) is 11.8. The van der Waals surface area contributed by atoms with E-state index in [0.29, 0.717) is 17.9 Å². The van der Waals surface area contributed by atoms with Crippen molar-refractivity contribution in [1.29, 1.82) is 0 Å². The monoisotopic (exact) mass is 267 g/mol. The molecule has 1 aromatic carbocycles. The van der Waals surface area contributed by atoms with Crippen LogP contribution in [0.5, 0.6) is 0 Å². The van der Waals surface area contributed by atoms with E-state index in [0.717, 1.165) is 5.92 Å². The van der Waals surface area contributed by atoms with E-state index < -0.39 is 0 Å². The summed E-state index contributed by atoms with van der Waals surface area (Å²) in [5, 5.41) is 3.29. The largest absolute Gasteiger partial charge is 0.316 e. The fourth-order valence-electron chi connectivity index (χ4n) is 3.29. The predicted octanol–water partition coefficient (Wildman–Crippen LogP) is 3.92. The number of halogens is 2. The molecule has 3 unspecified atom stereocenters. The van der Waals surface area contributed by atoms with Gasteiger partial charge in [0.2, 0.25) is 0 Å². The second-order valence-electron chi connectivity index (χ2n) is 5.68. The van der Waals surface area contributed by atoms with Gasteiger partial charge in [0.05, 0.1) is 0 Å². The summed E-state index contributed by atoms with van der Waals surface area (Å²) in [5.74, 6) is 0.728. The SMILES string of the molecule is CCC1CCC(C(Cc2cc(F)ccc2F)NC)C1. The Labute approximate surface area is 114 Å². The van der Waals surface area contributed by atoms with Crippen molar-refractivity contribution in [2.24, 2.45) is 11.8 Å².